The van der Waals surface area contributed by atoms with E-state index in [1.54, 1.807) is 44.6 Å². The minimum Gasteiger partial charge on any atom is -0.497 e. The molecule has 3 rings (SSSR count). The van der Waals surface area contributed by atoms with Crippen LogP contribution in [-0.4, -0.2) is 24.2 Å². The van der Waals surface area contributed by atoms with Crippen LogP contribution in [0.2, 0.25) is 10.0 Å². The Labute approximate surface area is 166 Å². The van der Waals surface area contributed by atoms with Crippen molar-refractivity contribution in [3.05, 3.63) is 52.8 Å². The number of ether oxygens (including phenoxy) is 2. The highest BCUT2D eigenvalue weighted by Gasteiger charge is 2.12. The molecule has 4 N–H and O–H groups in total. The molecule has 7 nitrogen and oxygen atoms in total. The quantitative estimate of drug-likeness (QED) is 0.538. The number of hydrogen-bond acceptors (Lipinski definition) is 7. The van der Waals surface area contributed by atoms with Crippen LogP contribution < -0.4 is 25.8 Å². The fourth-order valence-corrected chi connectivity index (χ4v) is 2.91. The average Bonchev–Trinajstić information content (AvgIpc) is 2.64. The zero-order chi connectivity index (χ0) is 19.4. The van der Waals surface area contributed by atoms with Crippen molar-refractivity contribution in [2.45, 2.75) is 0 Å². The van der Waals surface area contributed by atoms with Crippen LogP contribution in [0.1, 0.15) is 0 Å². The maximum Gasteiger partial charge on any atom is 0.159 e. The molecule has 1 aromatic heterocycles. The van der Waals surface area contributed by atoms with Crippen LogP contribution in [0, 0.1) is 0 Å². The van der Waals surface area contributed by atoms with E-state index in [9.17, 15) is 0 Å². The smallest absolute Gasteiger partial charge is 0.159 e. The summed E-state index contributed by atoms with van der Waals surface area (Å²) in [7, 11) is 3.16. The first-order chi connectivity index (χ1) is 13.0. The van der Waals surface area contributed by atoms with E-state index in [-0.39, 0.29) is 0 Å². The molecule has 0 amide bonds. The van der Waals surface area contributed by atoms with Gasteiger partial charge in [-0.25, -0.2) is 9.97 Å². The molecule has 2 aromatic carbocycles. The predicted molar refractivity (Wildman–Crippen MR) is 109 cm³/mol. The fourth-order valence-electron chi connectivity index (χ4n) is 2.39. The van der Waals surface area contributed by atoms with E-state index in [0.717, 1.165) is 0 Å². The normalized spacial score (nSPS) is 10.4. The Kier molecular flexibility index (Phi) is 5.73. The number of benzene rings is 2. The molecule has 0 saturated heterocycles. The van der Waals surface area contributed by atoms with E-state index < -0.39 is 0 Å². The monoisotopic (exact) mass is 405 g/mol. The van der Waals surface area contributed by atoms with Gasteiger partial charge in [0, 0.05) is 21.8 Å². The van der Waals surface area contributed by atoms with Crippen LogP contribution >= 0.6 is 23.2 Å². The van der Waals surface area contributed by atoms with Gasteiger partial charge in [0.2, 0.25) is 0 Å². The Hall–Kier alpha value is -2.90. The first-order valence-electron chi connectivity index (χ1n) is 7.83. The molecule has 9 heteroatoms. The summed E-state index contributed by atoms with van der Waals surface area (Å²) >= 11 is 12.1. The van der Waals surface area contributed by atoms with Gasteiger partial charge in [-0.05, 0) is 30.3 Å². The van der Waals surface area contributed by atoms with Crippen molar-refractivity contribution in [3.63, 3.8) is 0 Å². The summed E-state index contributed by atoms with van der Waals surface area (Å²) in [5.74, 6) is 2.10. The van der Waals surface area contributed by atoms with E-state index in [1.165, 1.54) is 6.33 Å². The van der Waals surface area contributed by atoms with Crippen LogP contribution in [0.25, 0.3) is 0 Å². The summed E-state index contributed by atoms with van der Waals surface area (Å²) in [6.45, 7) is 0. The summed E-state index contributed by atoms with van der Waals surface area (Å²) in [5.41, 5.74) is 7.89. The molecule has 27 heavy (non-hydrogen) atoms. The summed E-state index contributed by atoms with van der Waals surface area (Å²) in [6.07, 6.45) is 1.39. The summed E-state index contributed by atoms with van der Waals surface area (Å²) in [4.78, 5) is 8.38. The SMILES string of the molecule is COc1ccc(Nc2ncnc(Nc3cc(Cl)cc(Cl)c3)c2N)c(OC)c1. The van der Waals surface area contributed by atoms with E-state index in [1.807, 2.05) is 6.07 Å². The molecule has 3 aromatic rings. The molecular formula is C18H17Cl2N5O2. The molecule has 0 spiro atoms. The highest BCUT2D eigenvalue weighted by molar-refractivity contribution is 6.35. The van der Waals surface area contributed by atoms with Gasteiger partial charge in [0.05, 0.1) is 19.9 Å². The number of anilines is 5. The number of nitrogen functional groups attached to an aromatic ring is 1. The van der Waals surface area contributed by atoms with Crippen molar-refractivity contribution < 1.29 is 9.47 Å². The first-order valence-corrected chi connectivity index (χ1v) is 8.58. The lowest BCUT2D eigenvalue weighted by atomic mass is 10.2. The van der Waals surface area contributed by atoms with Crippen molar-refractivity contribution in [3.8, 4) is 11.5 Å². The summed E-state index contributed by atoms with van der Waals surface area (Å²) in [6, 6.07) is 10.4. The van der Waals surface area contributed by atoms with Crippen LogP contribution in [0.15, 0.2) is 42.7 Å². The van der Waals surface area contributed by atoms with Gasteiger partial charge in [0.15, 0.2) is 11.6 Å². The van der Waals surface area contributed by atoms with Gasteiger partial charge in [-0.2, -0.15) is 0 Å². The second-order valence-electron chi connectivity index (χ2n) is 5.46. The lowest BCUT2D eigenvalue weighted by Crippen LogP contribution is -2.06. The molecule has 0 bridgehead atoms. The van der Waals surface area contributed by atoms with Crippen molar-refractivity contribution in [1.29, 1.82) is 0 Å². The Morgan fingerprint density at radius 3 is 2.19 bits per heavy atom. The number of aromatic nitrogens is 2. The maximum absolute atomic E-state index is 6.22. The largest absolute Gasteiger partial charge is 0.497 e. The maximum atomic E-state index is 6.22. The molecule has 0 radical (unpaired) electrons. The Bertz CT molecular complexity index is 948. The average molecular weight is 406 g/mol. The van der Waals surface area contributed by atoms with Crippen LogP contribution in [0.5, 0.6) is 11.5 Å². The molecular weight excluding hydrogens is 389 g/mol. The van der Waals surface area contributed by atoms with Gasteiger partial charge < -0.3 is 25.8 Å². The Morgan fingerprint density at radius 2 is 1.56 bits per heavy atom. The fraction of sp³-hybridized carbons (Fsp3) is 0.111. The topological polar surface area (TPSA) is 94.3 Å². The molecule has 0 aliphatic heterocycles. The van der Waals surface area contributed by atoms with Gasteiger partial charge in [-0.15, -0.1) is 0 Å². The van der Waals surface area contributed by atoms with Gasteiger partial charge in [0.25, 0.3) is 0 Å². The van der Waals surface area contributed by atoms with Gasteiger partial charge in [-0.1, -0.05) is 23.2 Å². The highest BCUT2D eigenvalue weighted by Crippen LogP contribution is 2.34. The number of nitrogens with one attached hydrogen (secondary N) is 2. The van der Waals surface area contributed by atoms with Gasteiger partial charge >= 0.3 is 0 Å². The number of halogens is 2. The molecule has 0 saturated carbocycles. The number of hydrogen-bond donors (Lipinski definition) is 3. The first kappa shape index (κ1) is 18.9. The highest BCUT2D eigenvalue weighted by atomic mass is 35.5. The standard InChI is InChI=1S/C18H17Cl2N5O2/c1-26-13-3-4-14(15(8-13)27-2)25-18-16(21)17(22-9-23-18)24-12-6-10(19)5-11(20)7-12/h3-9H,21H2,1-2H3,(H2,22,23,24,25). The Balaban J connectivity index is 1.89. The van der Waals surface area contributed by atoms with Crippen LogP contribution in [-0.2, 0) is 0 Å². The van der Waals surface area contributed by atoms with Crippen molar-refractivity contribution in [2.24, 2.45) is 0 Å². The molecule has 1 heterocycles. The van der Waals surface area contributed by atoms with E-state index in [4.69, 9.17) is 38.4 Å². The molecule has 0 atom stereocenters. The predicted octanol–water partition coefficient (Wildman–Crippen LogP) is 4.87. The van der Waals surface area contributed by atoms with Gasteiger partial charge in [0.1, 0.15) is 23.5 Å². The van der Waals surface area contributed by atoms with Crippen LogP contribution in [0.3, 0.4) is 0 Å². The third-order valence-corrected chi connectivity index (χ3v) is 4.11. The Morgan fingerprint density at radius 1 is 0.889 bits per heavy atom. The van der Waals surface area contributed by atoms with E-state index in [2.05, 4.69) is 20.6 Å². The molecule has 0 aliphatic carbocycles. The minimum absolute atomic E-state index is 0.325. The number of nitrogens with two attached hydrogens (primary N) is 1. The number of methoxy groups -OCH3 is 2. The van der Waals surface area contributed by atoms with Crippen molar-refractivity contribution in [2.75, 3.05) is 30.6 Å². The summed E-state index contributed by atoms with van der Waals surface area (Å²) in [5, 5.41) is 7.23. The van der Waals surface area contributed by atoms with Crippen molar-refractivity contribution >= 4 is 51.9 Å². The molecule has 0 unspecified atom stereocenters. The van der Waals surface area contributed by atoms with E-state index in [0.29, 0.717) is 50.2 Å². The van der Waals surface area contributed by atoms with Crippen molar-refractivity contribution in [1.82, 2.24) is 9.97 Å². The zero-order valence-corrected chi connectivity index (χ0v) is 16.1. The van der Waals surface area contributed by atoms with Crippen LogP contribution in [0.4, 0.5) is 28.7 Å². The summed E-state index contributed by atoms with van der Waals surface area (Å²) < 4.78 is 10.6. The van der Waals surface area contributed by atoms with Gasteiger partial charge in [-0.3, -0.25) is 0 Å². The second-order valence-corrected chi connectivity index (χ2v) is 6.33. The number of rotatable bonds is 6. The molecule has 0 aliphatic rings. The van der Waals surface area contributed by atoms with E-state index >= 15 is 0 Å². The molecule has 140 valence electrons. The zero-order valence-electron chi connectivity index (χ0n) is 14.6. The minimum atomic E-state index is 0.325. The third kappa shape index (κ3) is 4.45. The number of nitrogens with zero attached hydrogens (tertiary/aromatic N) is 2. The molecule has 0 fully saturated rings. The lowest BCUT2D eigenvalue weighted by molar-refractivity contribution is 0.395. The third-order valence-electron chi connectivity index (χ3n) is 3.67. The lowest BCUT2D eigenvalue weighted by Gasteiger charge is -2.15. The second kappa shape index (κ2) is 8.20.